The zero-order valence-corrected chi connectivity index (χ0v) is 27.7. The number of benzene rings is 2. The lowest BCUT2D eigenvalue weighted by atomic mass is 10.1. The van der Waals surface area contributed by atoms with Crippen LogP contribution in [0.5, 0.6) is 11.5 Å². The van der Waals surface area contributed by atoms with E-state index in [4.69, 9.17) is 10.2 Å². The molecule has 0 saturated carbocycles. The van der Waals surface area contributed by atoms with Crippen molar-refractivity contribution in [1.29, 1.82) is 0 Å². The van der Waals surface area contributed by atoms with Crippen molar-refractivity contribution in [2.75, 3.05) is 34.5 Å². The van der Waals surface area contributed by atoms with Gasteiger partial charge in [-0.15, -0.1) is 0 Å². The second kappa shape index (κ2) is 22.9. The van der Waals surface area contributed by atoms with Crippen molar-refractivity contribution in [2.45, 2.75) is 77.0 Å². The largest absolute Gasteiger partial charge is 0.507 e. The van der Waals surface area contributed by atoms with E-state index < -0.39 is 11.9 Å². The first-order chi connectivity index (χ1) is 20.4. The van der Waals surface area contributed by atoms with Gasteiger partial charge in [0.2, 0.25) is 0 Å². The standard InChI is InChI=1S/C32H46O6S4/c33-29-15-13-25(23-27(29)31(35)36)11-9-19-39-17-5-1-3-7-21-41-42-22-8-4-2-6-18-40-20-10-12-26-14-16-30(34)28(24-26)32(37)38/h13-16,23-24,33-34H,1-12,17-22H2,(H,35,36)(H,37,38). The molecule has 10 heteroatoms. The van der Waals surface area contributed by atoms with E-state index in [-0.39, 0.29) is 22.6 Å². The molecule has 0 spiro atoms. The summed E-state index contributed by atoms with van der Waals surface area (Å²) in [6.45, 7) is 0. The Hall–Kier alpha value is -1.62. The highest BCUT2D eigenvalue weighted by molar-refractivity contribution is 8.76. The number of aromatic carboxylic acids is 2. The van der Waals surface area contributed by atoms with Crippen LogP contribution in [0.4, 0.5) is 0 Å². The van der Waals surface area contributed by atoms with Crippen molar-refractivity contribution >= 4 is 57.1 Å². The second-order valence-corrected chi connectivity index (χ2v) is 15.4. The molecule has 2 rings (SSSR count). The number of aryl methyl sites for hydroxylation is 2. The molecule has 0 aliphatic heterocycles. The van der Waals surface area contributed by atoms with E-state index in [0.717, 1.165) is 48.3 Å². The van der Waals surface area contributed by atoms with E-state index in [9.17, 15) is 19.8 Å². The van der Waals surface area contributed by atoms with Gasteiger partial charge in [0.1, 0.15) is 22.6 Å². The van der Waals surface area contributed by atoms with Crippen LogP contribution in [0, 0.1) is 0 Å². The minimum Gasteiger partial charge on any atom is -0.507 e. The summed E-state index contributed by atoms with van der Waals surface area (Å²) in [6, 6.07) is 9.71. The van der Waals surface area contributed by atoms with Crippen LogP contribution in [0.3, 0.4) is 0 Å². The average Bonchev–Trinajstić information content (AvgIpc) is 2.97. The molecule has 0 atom stereocenters. The zero-order valence-electron chi connectivity index (χ0n) is 24.4. The third-order valence-corrected chi connectivity index (χ3v) is 11.6. The van der Waals surface area contributed by atoms with Crippen LogP contribution < -0.4 is 0 Å². The molecule has 0 bridgehead atoms. The van der Waals surface area contributed by atoms with Gasteiger partial charge in [-0.2, -0.15) is 23.5 Å². The summed E-state index contributed by atoms with van der Waals surface area (Å²) in [5.41, 5.74) is 1.90. The molecule has 0 aliphatic rings. The number of hydrogen-bond acceptors (Lipinski definition) is 8. The highest BCUT2D eigenvalue weighted by Crippen LogP contribution is 2.25. The van der Waals surface area contributed by atoms with Gasteiger partial charge in [-0.05, 0) is 110 Å². The highest BCUT2D eigenvalue weighted by atomic mass is 33.1. The molecule has 0 radical (unpaired) electrons. The van der Waals surface area contributed by atoms with Gasteiger partial charge in [0.15, 0.2) is 0 Å². The molecule has 0 aromatic heterocycles. The molecule has 0 saturated heterocycles. The minimum atomic E-state index is -1.09. The molecular formula is C32H46O6S4. The molecule has 6 nitrogen and oxygen atoms in total. The van der Waals surface area contributed by atoms with Crippen LogP contribution in [0.1, 0.15) is 96.1 Å². The number of carbonyl (C=O) groups is 2. The molecule has 0 heterocycles. The van der Waals surface area contributed by atoms with E-state index >= 15 is 0 Å². The molecule has 2 aromatic carbocycles. The molecule has 234 valence electrons. The summed E-state index contributed by atoms with van der Waals surface area (Å²) >= 11 is 3.95. The van der Waals surface area contributed by atoms with Crippen LogP contribution in [0.2, 0.25) is 0 Å². The average molecular weight is 655 g/mol. The second-order valence-electron chi connectivity index (χ2n) is 10.2. The van der Waals surface area contributed by atoms with Crippen LogP contribution in [0.25, 0.3) is 0 Å². The fourth-order valence-electron chi connectivity index (χ4n) is 4.34. The highest BCUT2D eigenvalue weighted by Gasteiger charge is 2.11. The maximum atomic E-state index is 11.1. The number of thioether (sulfide) groups is 2. The molecule has 0 fully saturated rings. The van der Waals surface area contributed by atoms with Crippen molar-refractivity contribution in [3.63, 3.8) is 0 Å². The van der Waals surface area contributed by atoms with Crippen molar-refractivity contribution in [2.24, 2.45) is 0 Å². The van der Waals surface area contributed by atoms with Gasteiger partial charge in [-0.3, -0.25) is 0 Å². The van der Waals surface area contributed by atoms with E-state index in [1.807, 2.05) is 45.1 Å². The fraction of sp³-hybridized carbons (Fsp3) is 0.562. The lowest BCUT2D eigenvalue weighted by Crippen LogP contribution is -1.99. The first-order valence-corrected chi connectivity index (χ1v) is 19.7. The molecule has 0 aliphatic carbocycles. The van der Waals surface area contributed by atoms with Gasteiger partial charge >= 0.3 is 11.9 Å². The number of carboxylic acid groups (broad SMARTS) is 2. The number of rotatable bonds is 25. The molecule has 42 heavy (non-hydrogen) atoms. The SMILES string of the molecule is O=C(O)c1cc(CCCSCCCCCCSSCCCCCCSCCCc2ccc(O)c(C(=O)O)c2)ccc1O. The van der Waals surface area contributed by atoms with Gasteiger partial charge in [0.05, 0.1) is 0 Å². The Morgan fingerprint density at radius 1 is 0.500 bits per heavy atom. The maximum absolute atomic E-state index is 11.1. The molecular weight excluding hydrogens is 609 g/mol. The van der Waals surface area contributed by atoms with Crippen LogP contribution in [-0.2, 0) is 12.8 Å². The number of carboxylic acids is 2. The third-order valence-electron chi connectivity index (χ3n) is 6.71. The minimum absolute atomic E-state index is 0.0169. The van der Waals surface area contributed by atoms with Gasteiger partial charge < -0.3 is 20.4 Å². The summed E-state index contributed by atoms with van der Waals surface area (Å²) in [4.78, 5) is 22.2. The number of aromatic hydroxyl groups is 2. The number of phenols is 2. The van der Waals surface area contributed by atoms with Crippen molar-refractivity contribution in [3.8, 4) is 11.5 Å². The summed E-state index contributed by atoms with van der Waals surface area (Å²) in [6.07, 6.45) is 14.0. The smallest absolute Gasteiger partial charge is 0.339 e. The first kappa shape index (κ1) is 36.6. The van der Waals surface area contributed by atoms with Crippen molar-refractivity contribution in [3.05, 3.63) is 58.7 Å². The predicted molar refractivity (Wildman–Crippen MR) is 183 cm³/mol. The van der Waals surface area contributed by atoms with Crippen molar-refractivity contribution in [1.82, 2.24) is 0 Å². The van der Waals surface area contributed by atoms with Crippen LogP contribution in [0.15, 0.2) is 36.4 Å². The lowest BCUT2D eigenvalue weighted by molar-refractivity contribution is 0.0682. The Labute approximate surface area is 267 Å². The summed E-state index contributed by atoms with van der Waals surface area (Å²) in [5.74, 6) is 4.49. The summed E-state index contributed by atoms with van der Waals surface area (Å²) < 4.78 is 0. The van der Waals surface area contributed by atoms with Gasteiger partial charge in [-0.25, -0.2) is 9.59 Å². The van der Waals surface area contributed by atoms with E-state index in [1.54, 1.807) is 24.3 Å². The van der Waals surface area contributed by atoms with Crippen LogP contribution in [-0.4, -0.2) is 66.9 Å². The monoisotopic (exact) mass is 654 g/mol. The van der Waals surface area contributed by atoms with E-state index in [2.05, 4.69) is 0 Å². The molecule has 2 aromatic rings. The Morgan fingerprint density at radius 3 is 1.24 bits per heavy atom. The predicted octanol–water partition coefficient (Wildman–Crippen LogP) is 9.03. The molecule has 0 unspecified atom stereocenters. The number of unbranched alkanes of at least 4 members (excludes halogenated alkanes) is 6. The Morgan fingerprint density at radius 2 is 0.857 bits per heavy atom. The Balaban J connectivity index is 1.28. The van der Waals surface area contributed by atoms with Crippen LogP contribution >= 0.6 is 45.1 Å². The zero-order chi connectivity index (χ0) is 30.4. The molecule has 0 amide bonds. The normalized spacial score (nSPS) is 11.1. The van der Waals surface area contributed by atoms with E-state index in [1.165, 1.54) is 86.5 Å². The molecule has 4 N–H and O–H groups in total. The Bertz CT molecular complexity index is 982. The fourth-order valence-corrected chi connectivity index (χ4v) is 8.55. The quantitative estimate of drug-likeness (QED) is 0.0611. The van der Waals surface area contributed by atoms with Gasteiger partial charge in [0, 0.05) is 11.5 Å². The summed E-state index contributed by atoms with van der Waals surface area (Å²) in [5, 5.41) is 37.4. The van der Waals surface area contributed by atoms with Gasteiger partial charge in [-0.1, -0.05) is 59.4 Å². The number of hydrogen-bond donors (Lipinski definition) is 4. The third kappa shape index (κ3) is 16.3. The first-order valence-electron chi connectivity index (χ1n) is 14.9. The summed E-state index contributed by atoms with van der Waals surface area (Å²) in [7, 11) is 4.03. The van der Waals surface area contributed by atoms with Crippen molar-refractivity contribution < 1.29 is 30.0 Å². The lowest BCUT2D eigenvalue weighted by Gasteiger charge is -2.06. The Kier molecular flexibility index (Phi) is 19.9. The topological polar surface area (TPSA) is 115 Å². The van der Waals surface area contributed by atoms with E-state index in [0.29, 0.717) is 0 Å². The van der Waals surface area contributed by atoms with Gasteiger partial charge in [0.25, 0.3) is 0 Å². The maximum Gasteiger partial charge on any atom is 0.339 e.